The zero-order valence-electron chi connectivity index (χ0n) is 12.4. The third-order valence-electron chi connectivity index (χ3n) is 4.44. The van der Waals surface area contributed by atoms with Crippen molar-refractivity contribution in [2.45, 2.75) is 58.4 Å². The minimum Gasteiger partial charge on any atom is -0.376 e. The first kappa shape index (κ1) is 14.8. The Morgan fingerprint density at radius 3 is 2.65 bits per heavy atom. The molecule has 1 N–H and O–H groups in total. The van der Waals surface area contributed by atoms with Crippen molar-refractivity contribution in [3.05, 3.63) is 33.9 Å². The summed E-state index contributed by atoms with van der Waals surface area (Å²) in [5.41, 5.74) is 1.85. The molecule has 4 heteroatoms. The van der Waals surface area contributed by atoms with Crippen LogP contribution in [0.4, 0.5) is 11.4 Å². The van der Waals surface area contributed by atoms with Gasteiger partial charge in [0.05, 0.1) is 4.92 Å². The number of anilines is 1. The maximum Gasteiger partial charge on any atom is 0.292 e. The molecule has 0 aromatic heterocycles. The molecule has 1 fully saturated rings. The van der Waals surface area contributed by atoms with Crippen LogP contribution in [0.3, 0.4) is 0 Å². The summed E-state index contributed by atoms with van der Waals surface area (Å²) in [7, 11) is 0. The molecule has 0 heterocycles. The van der Waals surface area contributed by atoms with Gasteiger partial charge in [0.15, 0.2) is 0 Å². The molecule has 1 aromatic carbocycles. The lowest BCUT2D eigenvalue weighted by atomic mass is 9.82. The fourth-order valence-corrected chi connectivity index (χ4v) is 3.27. The third kappa shape index (κ3) is 3.30. The lowest BCUT2D eigenvalue weighted by Crippen LogP contribution is -2.30. The van der Waals surface area contributed by atoms with E-state index in [4.69, 9.17) is 0 Å². The van der Waals surface area contributed by atoms with Gasteiger partial charge in [0.25, 0.3) is 5.69 Å². The van der Waals surface area contributed by atoms with Crippen molar-refractivity contribution in [3.8, 4) is 0 Å². The molecule has 1 aliphatic carbocycles. The monoisotopic (exact) mass is 276 g/mol. The van der Waals surface area contributed by atoms with Crippen LogP contribution >= 0.6 is 0 Å². The first-order valence-corrected chi connectivity index (χ1v) is 7.64. The fraction of sp³-hybridized carbons (Fsp3) is 0.625. The smallest absolute Gasteiger partial charge is 0.292 e. The van der Waals surface area contributed by atoms with Gasteiger partial charge in [0.2, 0.25) is 0 Å². The van der Waals surface area contributed by atoms with Gasteiger partial charge in [-0.25, -0.2) is 0 Å². The van der Waals surface area contributed by atoms with E-state index in [0.29, 0.717) is 17.6 Å². The van der Waals surface area contributed by atoms with Crippen LogP contribution in [0.15, 0.2) is 18.2 Å². The molecule has 2 rings (SSSR count). The molecule has 1 atom stereocenters. The number of aryl methyl sites for hydroxylation is 1. The topological polar surface area (TPSA) is 55.2 Å². The van der Waals surface area contributed by atoms with E-state index in [1.165, 1.54) is 32.1 Å². The largest absolute Gasteiger partial charge is 0.376 e. The molecular weight excluding hydrogens is 252 g/mol. The summed E-state index contributed by atoms with van der Waals surface area (Å²) in [5.74, 6) is 0.646. The Morgan fingerprint density at radius 1 is 1.35 bits per heavy atom. The minimum atomic E-state index is -0.289. The Bertz CT molecular complexity index is 468. The van der Waals surface area contributed by atoms with Gasteiger partial charge >= 0.3 is 0 Å². The van der Waals surface area contributed by atoms with E-state index in [1.807, 2.05) is 13.0 Å². The second kappa shape index (κ2) is 6.73. The second-order valence-corrected chi connectivity index (χ2v) is 5.78. The first-order valence-electron chi connectivity index (χ1n) is 7.64. The van der Waals surface area contributed by atoms with Gasteiger partial charge in [-0.05, 0) is 37.7 Å². The lowest BCUT2D eigenvalue weighted by Gasteiger charge is -2.31. The number of hydrogen-bond donors (Lipinski definition) is 1. The number of hydrogen-bond acceptors (Lipinski definition) is 3. The molecule has 1 aliphatic rings. The number of nitro groups is 1. The number of para-hydroxylation sites is 1. The summed E-state index contributed by atoms with van der Waals surface area (Å²) in [6, 6.07) is 5.61. The highest BCUT2D eigenvalue weighted by Crippen LogP contribution is 2.33. The van der Waals surface area contributed by atoms with Crippen molar-refractivity contribution in [1.29, 1.82) is 0 Å². The van der Waals surface area contributed by atoms with Crippen LogP contribution in [0.2, 0.25) is 0 Å². The van der Waals surface area contributed by atoms with E-state index in [9.17, 15) is 10.1 Å². The highest BCUT2D eigenvalue weighted by atomic mass is 16.6. The predicted octanol–water partition coefficient (Wildman–Crippen LogP) is 4.67. The van der Waals surface area contributed by atoms with Gasteiger partial charge in [0, 0.05) is 12.1 Å². The van der Waals surface area contributed by atoms with Crippen molar-refractivity contribution in [2.75, 3.05) is 5.32 Å². The zero-order valence-corrected chi connectivity index (χ0v) is 12.4. The minimum absolute atomic E-state index is 0.194. The summed E-state index contributed by atoms with van der Waals surface area (Å²) in [6.45, 7) is 4.10. The van der Waals surface area contributed by atoms with Crippen molar-refractivity contribution >= 4 is 11.4 Å². The van der Waals surface area contributed by atoms with E-state index < -0.39 is 0 Å². The van der Waals surface area contributed by atoms with Crippen LogP contribution in [0.5, 0.6) is 0 Å². The van der Waals surface area contributed by atoms with Crippen LogP contribution in [-0.4, -0.2) is 11.0 Å². The molecule has 1 saturated carbocycles. The molecule has 110 valence electrons. The number of nitrogens with one attached hydrogen (secondary N) is 1. The molecule has 1 unspecified atom stereocenters. The van der Waals surface area contributed by atoms with E-state index in [0.717, 1.165) is 12.0 Å². The molecular formula is C16H24N2O2. The number of nitrogens with zero attached hydrogens (tertiary/aromatic N) is 1. The summed E-state index contributed by atoms with van der Waals surface area (Å²) < 4.78 is 0. The third-order valence-corrected chi connectivity index (χ3v) is 4.44. The molecule has 4 nitrogen and oxygen atoms in total. The Hall–Kier alpha value is -1.58. The highest BCUT2D eigenvalue weighted by Gasteiger charge is 2.25. The van der Waals surface area contributed by atoms with Crippen LogP contribution in [0.1, 0.15) is 51.0 Å². The molecule has 0 bridgehead atoms. The molecule has 0 aliphatic heterocycles. The quantitative estimate of drug-likeness (QED) is 0.628. The van der Waals surface area contributed by atoms with Crippen molar-refractivity contribution < 1.29 is 4.92 Å². The van der Waals surface area contributed by atoms with Gasteiger partial charge in [-0.3, -0.25) is 10.1 Å². The number of benzene rings is 1. The Morgan fingerprint density at radius 2 is 2.05 bits per heavy atom. The van der Waals surface area contributed by atoms with Crippen LogP contribution in [-0.2, 0) is 0 Å². The number of rotatable bonds is 5. The van der Waals surface area contributed by atoms with Gasteiger partial charge < -0.3 is 5.32 Å². The highest BCUT2D eigenvalue weighted by molar-refractivity contribution is 5.66. The maximum atomic E-state index is 11.2. The predicted molar refractivity (Wildman–Crippen MR) is 82.1 cm³/mol. The summed E-state index contributed by atoms with van der Waals surface area (Å²) in [6.07, 6.45) is 7.40. The summed E-state index contributed by atoms with van der Waals surface area (Å²) in [4.78, 5) is 10.9. The summed E-state index contributed by atoms with van der Waals surface area (Å²) >= 11 is 0. The van der Waals surface area contributed by atoms with Crippen LogP contribution in [0, 0.1) is 23.0 Å². The maximum absolute atomic E-state index is 11.2. The first-order chi connectivity index (χ1) is 9.63. The van der Waals surface area contributed by atoms with Gasteiger partial charge in [-0.15, -0.1) is 0 Å². The van der Waals surface area contributed by atoms with Crippen molar-refractivity contribution in [2.24, 2.45) is 5.92 Å². The molecule has 20 heavy (non-hydrogen) atoms. The normalized spacial score (nSPS) is 17.7. The lowest BCUT2D eigenvalue weighted by molar-refractivity contribution is -0.384. The average Bonchev–Trinajstić information content (AvgIpc) is 2.46. The Kier molecular flexibility index (Phi) is 4.99. The van der Waals surface area contributed by atoms with Gasteiger partial charge in [0.1, 0.15) is 5.69 Å². The van der Waals surface area contributed by atoms with Gasteiger partial charge in [-0.1, -0.05) is 38.3 Å². The Labute approximate surface area is 120 Å². The second-order valence-electron chi connectivity index (χ2n) is 5.78. The van der Waals surface area contributed by atoms with E-state index >= 15 is 0 Å². The fourth-order valence-electron chi connectivity index (χ4n) is 3.27. The van der Waals surface area contributed by atoms with Crippen LogP contribution in [0.25, 0.3) is 0 Å². The van der Waals surface area contributed by atoms with E-state index in [2.05, 4.69) is 12.2 Å². The molecule has 0 spiro atoms. The molecule has 1 aromatic rings. The van der Waals surface area contributed by atoms with E-state index in [-0.39, 0.29) is 10.6 Å². The number of nitro benzene ring substituents is 1. The zero-order chi connectivity index (χ0) is 14.5. The molecule has 0 saturated heterocycles. The standard InChI is InChI=1S/C16H24N2O2/c1-3-14(13-9-5-4-6-10-13)17-16-12(2)8-7-11-15(16)18(19)20/h7-8,11,13-14,17H,3-6,9-10H2,1-2H3. The average molecular weight is 276 g/mol. The van der Waals surface area contributed by atoms with Gasteiger partial charge in [-0.2, -0.15) is 0 Å². The molecule has 0 radical (unpaired) electrons. The van der Waals surface area contributed by atoms with E-state index in [1.54, 1.807) is 12.1 Å². The van der Waals surface area contributed by atoms with Crippen molar-refractivity contribution in [1.82, 2.24) is 0 Å². The summed E-state index contributed by atoms with van der Waals surface area (Å²) in [5, 5.41) is 14.7. The van der Waals surface area contributed by atoms with Crippen molar-refractivity contribution in [3.63, 3.8) is 0 Å². The van der Waals surface area contributed by atoms with Crippen LogP contribution < -0.4 is 5.32 Å². The Balaban J connectivity index is 2.20. The SMILES string of the molecule is CCC(Nc1c(C)cccc1[N+](=O)[O-])C1CCCCC1. The molecule has 0 amide bonds.